The first-order chi connectivity index (χ1) is 9.32. The van der Waals surface area contributed by atoms with Gasteiger partial charge < -0.3 is 14.6 Å². The molecule has 2 rings (SSSR count). The number of alkyl halides is 3. The molecule has 0 aliphatic carbocycles. The molecule has 0 amide bonds. The summed E-state index contributed by atoms with van der Waals surface area (Å²) < 4.78 is 49.7. The molecule has 8 heteroatoms. The van der Waals surface area contributed by atoms with E-state index < -0.39 is 40.0 Å². The van der Waals surface area contributed by atoms with E-state index in [1.54, 1.807) is 0 Å². The molecule has 0 saturated carbocycles. The lowest BCUT2D eigenvalue weighted by molar-refractivity contribution is -0.142. The number of hydrogen-bond acceptors (Lipinski definition) is 3. The minimum absolute atomic E-state index is 0.0908. The van der Waals surface area contributed by atoms with Gasteiger partial charge in [-0.05, 0) is 12.1 Å². The summed E-state index contributed by atoms with van der Waals surface area (Å²) in [6.07, 6.45) is -5.89. The van der Waals surface area contributed by atoms with Crippen molar-refractivity contribution >= 4 is 17.6 Å². The van der Waals surface area contributed by atoms with Crippen molar-refractivity contribution in [3.63, 3.8) is 0 Å². The van der Waals surface area contributed by atoms with Gasteiger partial charge in [-0.25, -0.2) is 4.79 Å². The zero-order chi connectivity index (χ0) is 14.9. The molecule has 1 N–H and O–H groups in total. The van der Waals surface area contributed by atoms with E-state index in [0.29, 0.717) is 0 Å². The van der Waals surface area contributed by atoms with Crippen LogP contribution in [0.4, 0.5) is 13.2 Å². The highest BCUT2D eigenvalue weighted by atomic mass is 35.5. The van der Waals surface area contributed by atoms with Crippen LogP contribution in [0.25, 0.3) is 0 Å². The number of aromatic carboxylic acids is 1. The molecule has 1 fully saturated rings. The Labute approximate surface area is 117 Å². The lowest BCUT2D eigenvalue weighted by atomic mass is 9.95. The molecule has 110 valence electrons. The minimum atomic E-state index is -4.78. The van der Waals surface area contributed by atoms with Crippen LogP contribution < -0.4 is 0 Å². The Balaban J connectivity index is 2.65. The van der Waals surface area contributed by atoms with Crippen LogP contribution in [0.3, 0.4) is 0 Å². The van der Waals surface area contributed by atoms with Gasteiger partial charge in [0.15, 0.2) is 0 Å². The van der Waals surface area contributed by atoms with Crippen LogP contribution in [-0.4, -0.2) is 30.9 Å². The van der Waals surface area contributed by atoms with Gasteiger partial charge in [-0.2, -0.15) is 13.2 Å². The molecule has 0 radical (unpaired) electrons. The quantitative estimate of drug-likeness (QED) is 0.911. The first-order valence-corrected chi connectivity index (χ1v) is 6.02. The zero-order valence-corrected chi connectivity index (χ0v) is 10.8. The number of carbonyl (C=O) groups is 1. The number of carboxylic acid groups (broad SMARTS) is 1. The normalized spacial score (nSPS) is 19.9. The van der Waals surface area contributed by atoms with Crippen molar-refractivity contribution in [2.75, 3.05) is 19.8 Å². The minimum Gasteiger partial charge on any atom is -0.478 e. The average Bonchev–Trinajstić information content (AvgIpc) is 2.37. The molecule has 0 bridgehead atoms. The molecule has 1 aliphatic heterocycles. The van der Waals surface area contributed by atoms with Crippen LogP contribution in [0, 0.1) is 0 Å². The molecular formula is C12H10ClF3O4. The number of carboxylic acids is 1. The Morgan fingerprint density at radius 1 is 1.35 bits per heavy atom. The highest BCUT2D eigenvalue weighted by Crippen LogP contribution is 2.42. The van der Waals surface area contributed by atoms with E-state index in [2.05, 4.69) is 0 Å². The monoisotopic (exact) mass is 310 g/mol. The van der Waals surface area contributed by atoms with E-state index in [4.69, 9.17) is 26.2 Å². The van der Waals surface area contributed by atoms with E-state index in [1.165, 1.54) is 0 Å². The highest BCUT2D eigenvalue weighted by Gasteiger charge is 2.40. The molecule has 0 aromatic heterocycles. The van der Waals surface area contributed by atoms with E-state index in [9.17, 15) is 18.0 Å². The zero-order valence-electron chi connectivity index (χ0n) is 10.0. The van der Waals surface area contributed by atoms with Crippen LogP contribution in [0.15, 0.2) is 12.1 Å². The Bertz CT molecular complexity index is 524. The van der Waals surface area contributed by atoms with Crippen LogP contribution in [0.2, 0.25) is 5.02 Å². The van der Waals surface area contributed by atoms with Crippen molar-refractivity contribution in [2.45, 2.75) is 12.3 Å². The predicted octanol–water partition coefficient (Wildman–Crippen LogP) is 3.14. The van der Waals surface area contributed by atoms with E-state index in [1.807, 2.05) is 0 Å². The fourth-order valence-electron chi connectivity index (χ4n) is 2.06. The third-order valence-corrected chi connectivity index (χ3v) is 3.16. The van der Waals surface area contributed by atoms with Crippen molar-refractivity contribution < 1.29 is 32.5 Å². The lowest BCUT2D eigenvalue weighted by Gasteiger charge is -2.27. The Morgan fingerprint density at radius 3 is 2.55 bits per heavy atom. The van der Waals surface area contributed by atoms with Crippen LogP contribution >= 0.6 is 11.6 Å². The standard InChI is InChI=1S/C12H10ClF3O4/c13-7-2-1-6(11(17)18)9(10(7)12(14,15)16)8-5-19-3-4-20-8/h1-2,8H,3-5H2,(H,17,18). The van der Waals surface area contributed by atoms with Gasteiger partial charge in [0, 0.05) is 5.56 Å². The summed E-state index contributed by atoms with van der Waals surface area (Å²) in [5, 5.41) is 8.51. The second-order valence-electron chi connectivity index (χ2n) is 4.12. The summed E-state index contributed by atoms with van der Waals surface area (Å²) in [5.41, 5.74) is -2.16. The third kappa shape index (κ3) is 2.89. The molecule has 1 atom stereocenters. The summed E-state index contributed by atoms with van der Waals surface area (Å²) in [6.45, 7) is 0.193. The Kier molecular flexibility index (Phi) is 4.22. The van der Waals surface area contributed by atoms with Gasteiger partial charge in [-0.3, -0.25) is 0 Å². The van der Waals surface area contributed by atoms with E-state index >= 15 is 0 Å². The third-order valence-electron chi connectivity index (χ3n) is 2.85. The van der Waals surface area contributed by atoms with Crippen LogP contribution in [0.5, 0.6) is 0 Å². The number of ether oxygens (including phenoxy) is 2. The smallest absolute Gasteiger partial charge is 0.418 e. The molecule has 20 heavy (non-hydrogen) atoms. The molecule has 1 unspecified atom stereocenters. The van der Waals surface area contributed by atoms with Crippen molar-refractivity contribution in [1.82, 2.24) is 0 Å². The number of benzene rings is 1. The molecule has 1 aromatic rings. The molecule has 1 heterocycles. The molecule has 1 aliphatic rings. The van der Waals surface area contributed by atoms with Crippen molar-refractivity contribution in [1.29, 1.82) is 0 Å². The van der Waals surface area contributed by atoms with Crippen molar-refractivity contribution in [3.05, 3.63) is 33.8 Å². The Hall–Kier alpha value is -1.31. The lowest BCUT2D eigenvalue weighted by Crippen LogP contribution is -2.27. The van der Waals surface area contributed by atoms with E-state index in [0.717, 1.165) is 12.1 Å². The van der Waals surface area contributed by atoms with Gasteiger partial charge in [0.1, 0.15) is 6.10 Å². The van der Waals surface area contributed by atoms with Gasteiger partial charge in [-0.15, -0.1) is 0 Å². The number of rotatable bonds is 2. The summed E-state index contributed by atoms with van der Waals surface area (Å²) in [7, 11) is 0. The maximum absolute atomic E-state index is 13.1. The van der Waals surface area contributed by atoms with Gasteiger partial charge in [0.25, 0.3) is 0 Å². The summed E-state index contributed by atoms with van der Waals surface area (Å²) >= 11 is 5.60. The Morgan fingerprint density at radius 2 is 2.05 bits per heavy atom. The summed E-state index contributed by atoms with van der Waals surface area (Å²) in [6, 6.07) is 1.95. The predicted molar refractivity (Wildman–Crippen MR) is 62.9 cm³/mol. The maximum atomic E-state index is 13.1. The first kappa shape index (κ1) is 15.1. The summed E-state index contributed by atoms with van der Waals surface area (Å²) in [4.78, 5) is 11.1. The topological polar surface area (TPSA) is 55.8 Å². The SMILES string of the molecule is O=C(O)c1ccc(Cl)c(C(F)(F)F)c1C1COCCO1. The van der Waals surface area contributed by atoms with Crippen LogP contribution in [0.1, 0.15) is 27.6 Å². The molecular weight excluding hydrogens is 301 g/mol. The second-order valence-corrected chi connectivity index (χ2v) is 4.53. The molecule has 1 aromatic carbocycles. The number of hydrogen-bond donors (Lipinski definition) is 1. The fourth-order valence-corrected chi connectivity index (χ4v) is 2.33. The highest BCUT2D eigenvalue weighted by molar-refractivity contribution is 6.31. The fraction of sp³-hybridized carbons (Fsp3) is 0.417. The van der Waals surface area contributed by atoms with Gasteiger partial charge in [0.2, 0.25) is 0 Å². The van der Waals surface area contributed by atoms with Crippen molar-refractivity contribution in [3.8, 4) is 0 Å². The average molecular weight is 311 g/mol. The first-order valence-electron chi connectivity index (χ1n) is 5.64. The molecule has 0 spiro atoms. The molecule has 1 saturated heterocycles. The number of halogens is 4. The largest absolute Gasteiger partial charge is 0.478 e. The maximum Gasteiger partial charge on any atom is 0.418 e. The van der Waals surface area contributed by atoms with Crippen LogP contribution in [-0.2, 0) is 15.7 Å². The summed E-state index contributed by atoms with van der Waals surface area (Å²) in [5.74, 6) is -1.48. The van der Waals surface area contributed by atoms with Gasteiger partial charge in [0.05, 0.1) is 36.0 Å². The molecule has 4 nitrogen and oxygen atoms in total. The second kappa shape index (κ2) is 5.59. The van der Waals surface area contributed by atoms with Gasteiger partial charge >= 0.3 is 12.1 Å². The van der Waals surface area contributed by atoms with Crippen molar-refractivity contribution in [2.24, 2.45) is 0 Å². The van der Waals surface area contributed by atoms with E-state index in [-0.39, 0.29) is 19.8 Å². The van der Waals surface area contributed by atoms with Gasteiger partial charge in [-0.1, -0.05) is 11.6 Å².